The Labute approximate surface area is 237 Å². The quantitative estimate of drug-likeness (QED) is 0.614. The molecule has 4 aliphatic rings. The summed E-state index contributed by atoms with van der Waals surface area (Å²) in [4.78, 5) is 22.6. The third-order valence-electron chi connectivity index (χ3n) is 9.68. The number of rotatable bonds is 4. The third-order valence-corrected chi connectivity index (χ3v) is 9.99. The van der Waals surface area contributed by atoms with Crippen molar-refractivity contribution in [1.29, 1.82) is 5.26 Å². The van der Waals surface area contributed by atoms with E-state index in [2.05, 4.69) is 39.8 Å². The van der Waals surface area contributed by atoms with Gasteiger partial charge >= 0.3 is 0 Å². The van der Waals surface area contributed by atoms with Crippen LogP contribution in [0.25, 0.3) is 0 Å². The molecule has 1 spiro atoms. The van der Waals surface area contributed by atoms with Crippen LogP contribution in [0, 0.1) is 16.7 Å². The van der Waals surface area contributed by atoms with Crippen molar-refractivity contribution < 1.29 is 4.79 Å². The monoisotopic (exact) mass is 546 g/mol. The molecular weight excluding hydrogens is 508 g/mol. The number of hydrogen-bond donors (Lipinski definition) is 1. The summed E-state index contributed by atoms with van der Waals surface area (Å²) < 4.78 is 0. The van der Waals surface area contributed by atoms with E-state index in [0.717, 1.165) is 82.7 Å². The molecule has 1 amide bonds. The highest BCUT2D eigenvalue weighted by Gasteiger charge is 2.44. The summed E-state index contributed by atoms with van der Waals surface area (Å²) in [6.07, 6.45) is 5.55. The zero-order valence-corrected chi connectivity index (χ0v) is 23.6. The molecule has 6 rings (SSSR count). The molecule has 7 nitrogen and oxygen atoms in total. The Bertz CT molecular complexity index is 1240. The number of hydrogen-bond acceptors (Lipinski definition) is 6. The first kappa shape index (κ1) is 26.4. The van der Waals surface area contributed by atoms with Crippen molar-refractivity contribution in [3.8, 4) is 6.07 Å². The number of likely N-dealkylation sites (tertiary alicyclic amines) is 2. The van der Waals surface area contributed by atoms with Gasteiger partial charge in [-0.3, -0.25) is 9.69 Å². The molecule has 4 heterocycles. The average Bonchev–Trinajstić information content (AvgIpc) is 3.26. The predicted octanol–water partition coefficient (Wildman–Crippen LogP) is 4.34. The van der Waals surface area contributed by atoms with E-state index < -0.39 is 0 Å². The smallest absolute Gasteiger partial charge is 0.253 e. The number of amides is 1. The van der Waals surface area contributed by atoms with E-state index in [4.69, 9.17) is 17.3 Å². The van der Waals surface area contributed by atoms with Gasteiger partial charge in [0.2, 0.25) is 0 Å². The molecule has 0 saturated carbocycles. The van der Waals surface area contributed by atoms with Crippen LogP contribution in [0.2, 0.25) is 5.02 Å². The zero-order valence-electron chi connectivity index (χ0n) is 22.9. The number of anilines is 2. The minimum Gasteiger partial charge on any atom is -0.371 e. The second kappa shape index (κ2) is 10.6. The first-order valence-corrected chi connectivity index (χ1v) is 14.8. The largest absolute Gasteiger partial charge is 0.371 e. The second-order valence-corrected chi connectivity index (χ2v) is 12.6. The van der Waals surface area contributed by atoms with Gasteiger partial charge < -0.3 is 20.4 Å². The van der Waals surface area contributed by atoms with Crippen molar-refractivity contribution in [2.75, 3.05) is 55.6 Å². The molecule has 2 aromatic carbocycles. The average molecular weight is 547 g/mol. The van der Waals surface area contributed by atoms with Crippen LogP contribution >= 0.6 is 11.6 Å². The number of piperidine rings is 2. The summed E-state index contributed by atoms with van der Waals surface area (Å²) in [7, 11) is 0. The zero-order chi connectivity index (χ0) is 27.1. The molecule has 0 aliphatic carbocycles. The van der Waals surface area contributed by atoms with Crippen molar-refractivity contribution >= 4 is 28.9 Å². The summed E-state index contributed by atoms with van der Waals surface area (Å²) >= 11 is 6.34. The van der Waals surface area contributed by atoms with Crippen molar-refractivity contribution in [3.05, 3.63) is 58.6 Å². The van der Waals surface area contributed by atoms with Gasteiger partial charge in [0.15, 0.2) is 0 Å². The van der Waals surface area contributed by atoms with Crippen LogP contribution in [-0.4, -0.2) is 79.6 Å². The predicted molar refractivity (Wildman–Crippen MR) is 156 cm³/mol. The molecule has 0 bridgehead atoms. The fraction of sp³-hybridized carbons (Fsp3) is 0.548. The van der Waals surface area contributed by atoms with Crippen molar-refractivity contribution in [3.63, 3.8) is 0 Å². The molecule has 1 atom stereocenters. The van der Waals surface area contributed by atoms with E-state index in [1.807, 2.05) is 35.2 Å². The van der Waals surface area contributed by atoms with Gasteiger partial charge in [-0.25, -0.2) is 0 Å². The van der Waals surface area contributed by atoms with Gasteiger partial charge in [0.1, 0.15) is 6.07 Å². The van der Waals surface area contributed by atoms with Gasteiger partial charge in [0.25, 0.3) is 5.91 Å². The van der Waals surface area contributed by atoms with Crippen LogP contribution in [0.1, 0.15) is 54.9 Å². The Kier molecular flexibility index (Phi) is 7.22. The van der Waals surface area contributed by atoms with Crippen molar-refractivity contribution in [2.24, 2.45) is 11.1 Å². The number of nitriles is 1. The number of nitrogens with zero attached hydrogens (tertiary/aromatic N) is 5. The van der Waals surface area contributed by atoms with Gasteiger partial charge in [0, 0.05) is 80.9 Å². The molecule has 2 aromatic rings. The first-order valence-electron chi connectivity index (χ1n) is 14.4. The number of benzene rings is 2. The number of nitrogens with two attached hydrogens (primary N) is 1. The van der Waals surface area contributed by atoms with Crippen LogP contribution in [0.15, 0.2) is 42.5 Å². The lowest BCUT2D eigenvalue weighted by Gasteiger charge is -2.46. The Morgan fingerprint density at radius 3 is 2.31 bits per heavy atom. The summed E-state index contributed by atoms with van der Waals surface area (Å²) in [5.41, 5.74) is 9.88. The van der Waals surface area contributed by atoms with E-state index in [1.165, 1.54) is 12.1 Å². The standard InChI is InChI=1S/C31H39ClN6O/c1-22-17-31(21-38(22)28-7-4-24(18-33)29(32)16-28)10-14-35(15-11-31)26-5-2-23(3-6-26)30(39)36-12-8-27(9-13-36)37-19-25(34)20-37/h2-7,16,22,25,27H,8-15,17,19-21,34H2,1H3. The first-order chi connectivity index (χ1) is 18.8. The summed E-state index contributed by atoms with van der Waals surface area (Å²) in [6.45, 7) is 9.03. The van der Waals surface area contributed by atoms with Crippen molar-refractivity contribution in [1.82, 2.24) is 9.80 Å². The molecule has 206 valence electrons. The SMILES string of the molecule is CC1CC2(CCN(c3ccc(C(=O)N4CCC(N5CC(N)C5)CC4)cc3)CC2)CN1c1ccc(C#N)c(Cl)c1. The van der Waals surface area contributed by atoms with E-state index in [9.17, 15) is 10.1 Å². The Balaban J connectivity index is 1.02. The fourth-order valence-corrected chi connectivity index (χ4v) is 7.53. The molecule has 8 heteroatoms. The summed E-state index contributed by atoms with van der Waals surface area (Å²) in [6, 6.07) is 17.6. The lowest BCUT2D eigenvalue weighted by molar-refractivity contribution is 0.0410. The van der Waals surface area contributed by atoms with Crippen LogP contribution in [0.4, 0.5) is 11.4 Å². The lowest BCUT2D eigenvalue weighted by Crippen LogP contribution is -2.61. The van der Waals surface area contributed by atoms with Gasteiger partial charge in [-0.1, -0.05) is 11.6 Å². The normalized spacial score (nSPS) is 24.2. The Morgan fingerprint density at radius 1 is 1.03 bits per heavy atom. The minimum atomic E-state index is 0.154. The topological polar surface area (TPSA) is 79.8 Å². The third kappa shape index (κ3) is 5.23. The van der Waals surface area contributed by atoms with E-state index in [-0.39, 0.29) is 5.91 Å². The van der Waals surface area contributed by atoms with Crippen LogP contribution in [0.3, 0.4) is 0 Å². The van der Waals surface area contributed by atoms with Gasteiger partial charge in [0.05, 0.1) is 10.6 Å². The molecule has 4 aliphatic heterocycles. The number of carbonyl (C=O) groups excluding carboxylic acids is 1. The lowest BCUT2D eigenvalue weighted by atomic mass is 9.76. The molecule has 4 saturated heterocycles. The van der Waals surface area contributed by atoms with Gasteiger partial charge in [-0.05, 0) is 86.9 Å². The molecule has 39 heavy (non-hydrogen) atoms. The van der Waals surface area contributed by atoms with E-state index >= 15 is 0 Å². The Hall–Kier alpha value is -2.79. The van der Waals surface area contributed by atoms with Crippen LogP contribution in [0.5, 0.6) is 0 Å². The Morgan fingerprint density at radius 2 is 1.69 bits per heavy atom. The number of halogens is 1. The molecule has 2 N–H and O–H groups in total. The maximum Gasteiger partial charge on any atom is 0.253 e. The summed E-state index contributed by atoms with van der Waals surface area (Å²) in [5, 5.41) is 9.74. The van der Waals surface area contributed by atoms with E-state index in [1.54, 1.807) is 0 Å². The highest BCUT2D eigenvalue weighted by atomic mass is 35.5. The van der Waals surface area contributed by atoms with Crippen LogP contribution in [-0.2, 0) is 0 Å². The van der Waals surface area contributed by atoms with Crippen LogP contribution < -0.4 is 15.5 Å². The molecule has 4 fully saturated rings. The highest BCUT2D eigenvalue weighted by Crippen LogP contribution is 2.46. The molecular formula is C31H39ClN6O. The number of carbonyl (C=O) groups is 1. The molecule has 0 aromatic heterocycles. The highest BCUT2D eigenvalue weighted by molar-refractivity contribution is 6.32. The minimum absolute atomic E-state index is 0.154. The maximum absolute atomic E-state index is 13.2. The summed E-state index contributed by atoms with van der Waals surface area (Å²) in [5.74, 6) is 0.154. The van der Waals surface area contributed by atoms with E-state index in [0.29, 0.717) is 34.1 Å². The molecule has 1 unspecified atom stereocenters. The van der Waals surface area contributed by atoms with Crippen molar-refractivity contribution in [2.45, 2.75) is 57.2 Å². The van der Waals surface area contributed by atoms with Gasteiger partial charge in [-0.2, -0.15) is 5.26 Å². The second-order valence-electron chi connectivity index (χ2n) is 12.2. The van der Waals surface area contributed by atoms with Gasteiger partial charge in [-0.15, -0.1) is 0 Å². The molecule has 0 radical (unpaired) electrons. The fourth-order valence-electron chi connectivity index (χ4n) is 7.32. The maximum atomic E-state index is 13.2.